The molecular formula is C19H26N2O4S. The lowest BCUT2D eigenvalue weighted by molar-refractivity contribution is -0.149. The number of hydrogen-bond donors (Lipinski definition) is 0. The van der Waals surface area contributed by atoms with Gasteiger partial charge in [-0.3, -0.25) is 9.36 Å². The molecule has 0 saturated heterocycles. The molecule has 3 rings (SSSR count). The predicted molar refractivity (Wildman–Crippen MR) is 102 cm³/mol. The van der Waals surface area contributed by atoms with Crippen LogP contribution >= 0.6 is 11.3 Å². The van der Waals surface area contributed by atoms with Crippen LogP contribution in [0.5, 0.6) is 0 Å². The number of carbonyl (C=O) groups excluding carboxylic acids is 1. The maximum atomic E-state index is 13.1. The molecular weight excluding hydrogens is 352 g/mol. The first-order valence-corrected chi connectivity index (χ1v) is 10.1. The molecule has 0 unspecified atom stereocenters. The number of fused-ring (bicyclic) bond motifs is 3. The first-order chi connectivity index (χ1) is 12.6. The highest BCUT2D eigenvalue weighted by atomic mass is 32.1. The lowest BCUT2D eigenvalue weighted by Gasteiger charge is -2.18. The van der Waals surface area contributed by atoms with Crippen molar-refractivity contribution in [3.8, 4) is 0 Å². The summed E-state index contributed by atoms with van der Waals surface area (Å²) >= 11 is 1.62. The molecule has 0 amide bonds. The fourth-order valence-electron chi connectivity index (χ4n) is 3.48. The van der Waals surface area contributed by atoms with Crippen molar-refractivity contribution in [2.75, 3.05) is 19.8 Å². The van der Waals surface area contributed by atoms with Crippen molar-refractivity contribution in [1.82, 2.24) is 9.55 Å². The summed E-state index contributed by atoms with van der Waals surface area (Å²) in [6.07, 6.45) is 4.97. The van der Waals surface area contributed by atoms with E-state index in [1.807, 2.05) is 13.8 Å². The van der Waals surface area contributed by atoms with Crippen molar-refractivity contribution in [2.24, 2.45) is 5.92 Å². The fourth-order valence-corrected chi connectivity index (χ4v) is 4.83. The van der Waals surface area contributed by atoms with Gasteiger partial charge in [-0.05, 0) is 44.1 Å². The smallest absolute Gasteiger partial charge is 0.329 e. The van der Waals surface area contributed by atoms with Crippen molar-refractivity contribution in [1.29, 1.82) is 0 Å². The number of hydrogen-bond acceptors (Lipinski definition) is 6. The van der Waals surface area contributed by atoms with Gasteiger partial charge in [0.1, 0.15) is 17.5 Å². The number of esters is 1. The molecule has 6 nitrogen and oxygen atoms in total. The van der Waals surface area contributed by atoms with Gasteiger partial charge < -0.3 is 9.47 Å². The van der Waals surface area contributed by atoms with E-state index in [4.69, 9.17) is 9.47 Å². The molecule has 26 heavy (non-hydrogen) atoms. The molecule has 0 radical (unpaired) electrons. The highest BCUT2D eigenvalue weighted by Gasteiger charge is 2.26. The molecule has 0 aliphatic heterocycles. The highest BCUT2D eigenvalue weighted by molar-refractivity contribution is 7.18. The average Bonchev–Trinajstić information content (AvgIpc) is 2.99. The van der Waals surface area contributed by atoms with E-state index >= 15 is 0 Å². The topological polar surface area (TPSA) is 70.4 Å². The standard InChI is InChI=1S/C19H26N2O4S/c1-4-14(19(23)25-9-8-24-5-2)21-11-20-17-16(18(21)22)13-7-6-12(3)10-15(13)26-17/h11-12,14H,4-10H2,1-3H3/t12-,14+/m0/s1. The van der Waals surface area contributed by atoms with E-state index < -0.39 is 12.0 Å². The maximum Gasteiger partial charge on any atom is 0.329 e. The first-order valence-electron chi connectivity index (χ1n) is 9.32. The number of aryl methyl sites for hydroxylation is 1. The third-order valence-electron chi connectivity index (χ3n) is 4.91. The number of ether oxygens (including phenoxy) is 2. The minimum Gasteiger partial charge on any atom is -0.462 e. The van der Waals surface area contributed by atoms with E-state index in [0.717, 1.165) is 29.7 Å². The Morgan fingerprint density at radius 3 is 2.96 bits per heavy atom. The molecule has 0 fully saturated rings. The molecule has 0 bridgehead atoms. The molecule has 0 saturated carbocycles. The van der Waals surface area contributed by atoms with E-state index in [1.165, 1.54) is 15.8 Å². The van der Waals surface area contributed by atoms with Gasteiger partial charge in [0.05, 0.1) is 18.3 Å². The van der Waals surface area contributed by atoms with Gasteiger partial charge in [0.15, 0.2) is 0 Å². The molecule has 1 aliphatic carbocycles. The zero-order valence-electron chi connectivity index (χ0n) is 15.6. The minimum absolute atomic E-state index is 0.129. The summed E-state index contributed by atoms with van der Waals surface area (Å²) in [5.74, 6) is 0.231. The lowest BCUT2D eigenvalue weighted by Crippen LogP contribution is -2.31. The molecule has 2 heterocycles. The second kappa shape index (κ2) is 8.31. The Labute approximate surface area is 157 Å². The van der Waals surface area contributed by atoms with Crippen molar-refractivity contribution < 1.29 is 14.3 Å². The van der Waals surface area contributed by atoms with Crippen LogP contribution in [0.15, 0.2) is 11.1 Å². The molecule has 7 heteroatoms. The van der Waals surface area contributed by atoms with Crippen LogP contribution in [0.25, 0.3) is 10.2 Å². The van der Waals surface area contributed by atoms with Gasteiger partial charge >= 0.3 is 5.97 Å². The van der Waals surface area contributed by atoms with E-state index in [1.54, 1.807) is 11.3 Å². The summed E-state index contributed by atoms with van der Waals surface area (Å²) in [6, 6.07) is -0.654. The Kier molecular flexibility index (Phi) is 6.09. The van der Waals surface area contributed by atoms with Crippen LogP contribution in [-0.4, -0.2) is 35.3 Å². The van der Waals surface area contributed by atoms with E-state index in [2.05, 4.69) is 11.9 Å². The quantitative estimate of drug-likeness (QED) is 0.547. The molecule has 0 N–H and O–H groups in total. The molecule has 2 aromatic rings. The normalized spacial score (nSPS) is 17.9. The molecule has 0 spiro atoms. The zero-order valence-corrected chi connectivity index (χ0v) is 16.4. The number of rotatable bonds is 7. The van der Waals surface area contributed by atoms with Crippen molar-refractivity contribution >= 4 is 27.5 Å². The molecule has 2 atom stereocenters. The first kappa shape index (κ1) is 19.0. The van der Waals surface area contributed by atoms with Gasteiger partial charge in [-0.2, -0.15) is 0 Å². The minimum atomic E-state index is -0.654. The average molecular weight is 378 g/mol. The van der Waals surface area contributed by atoms with Crippen LogP contribution in [0.1, 0.15) is 50.1 Å². The monoisotopic (exact) mass is 378 g/mol. The molecule has 0 aromatic carbocycles. The van der Waals surface area contributed by atoms with Crippen LogP contribution < -0.4 is 5.56 Å². The molecule has 2 aromatic heterocycles. The Morgan fingerprint density at radius 2 is 2.23 bits per heavy atom. The van der Waals surface area contributed by atoms with Gasteiger partial charge in [-0.15, -0.1) is 11.3 Å². The van der Waals surface area contributed by atoms with Crippen LogP contribution in [0.4, 0.5) is 0 Å². The van der Waals surface area contributed by atoms with E-state index in [0.29, 0.717) is 30.9 Å². The van der Waals surface area contributed by atoms with E-state index in [-0.39, 0.29) is 12.2 Å². The Hall–Kier alpha value is -1.73. The summed E-state index contributed by atoms with van der Waals surface area (Å²) in [4.78, 5) is 32.1. The number of nitrogens with zero attached hydrogens (tertiary/aromatic N) is 2. The Balaban J connectivity index is 1.90. The summed E-state index contributed by atoms with van der Waals surface area (Å²) < 4.78 is 11.9. The fraction of sp³-hybridized carbons (Fsp3) is 0.632. The summed E-state index contributed by atoms with van der Waals surface area (Å²) in [5.41, 5.74) is 1.00. The summed E-state index contributed by atoms with van der Waals surface area (Å²) in [6.45, 7) is 7.14. The van der Waals surface area contributed by atoms with Gasteiger partial charge in [-0.25, -0.2) is 9.78 Å². The van der Waals surface area contributed by atoms with Crippen molar-refractivity contribution in [2.45, 2.75) is 52.5 Å². The molecule has 1 aliphatic rings. The number of aromatic nitrogens is 2. The third kappa shape index (κ3) is 3.69. The van der Waals surface area contributed by atoms with Gasteiger partial charge in [0, 0.05) is 11.5 Å². The van der Waals surface area contributed by atoms with Crippen molar-refractivity contribution in [3.63, 3.8) is 0 Å². The highest BCUT2D eigenvalue weighted by Crippen LogP contribution is 2.35. The third-order valence-corrected chi connectivity index (χ3v) is 6.07. The number of carbonyl (C=O) groups is 1. The SMILES string of the molecule is CCOCCOC(=O)[C@@H](CC)n1cnc2sc3c(c2c1=O)CC[C@H](C)C3. The number of thiophene rings is 1. The second-order valence-electron chi connectivity index (χ2n) is 6.78. The van der Waals surface area contributed by atoms with Gasteiger partial charge in [-0.1, -0.05) is 13.8 Å². The van der Waals surface area contributed by atoms with Crippen LogP contribution in [0.3, 0.4) is 0 Å². The van der Waals surface area contributed by atoms with Gasteiger partial charge in [0.2, 0.25) is 0 Å². The van der Waals surface area contributed by atoms with E-state index in [9.17, 15) is 9.59 Å². The molecule has 142 valence electrons. The summed E-state index contributed by atoms with van der Waals surface area (Å²) in [7, 11) is 0. The lowest BCUT2D eigenvalue weighted by atomic mass is 9.89. The predicted octanol–water partition coefficient (Wildman–Crippen LogP) is 3.11. The largest absolute Gasteiger partial charge is 0.462 e. The summed E-state index contributed by atoms with van der Waals surface area (Å²) in [5, 5.41) is 0.694. The van der Waals surface area contributed by atoms with Crippen LogP contribution in [-0.2, 0) is 27.1 Å². The maximum absolute atomic E-state index is 13.1. The Bertz CT molecular complexity index is 842. The zero-order chi connectivity index (χ0) is 18.7. The Morgan fingerprint density at radius 1 is 1.42 bits per heavy atom. The van der Waals surface area contributed by atoms with Crippen molar-refractivity contribution in [3.05, 3.63) is 27.1 Å². The van der Waals surface area contributed by atoms with Gasteiger partial charge in [0.25, 0.3) is 5.56 Å². The second-order valence-corrected chi connectivity index (χ2v) is 7.86. The van der Waals surface area contributed by atoms with Crippen LogP contribution in [0.2, 0.25) is 0 Å². The van der Waals surface area contributed by atoms with Crippen LogP contribution in [0, 0.1) is 5.92 Å².